The number of anilines is 1. The molecular formula is C10H15N5O2. The molecule has 0 unspecified atom stereocenters. The molecule has 7 nitrogen and oxygen atoms in total. The average molecular weight is 237 g/mol. The van der Waals surface area contributed by atoms with Crippen molar-refractivity contribution in [2.45, 2.75) is 6.92 Å². The van der Waals surface area contributed by atoms with Crippen LogP contribution in [0.15, 0.2) is 6.07 Å². The van der Waals surface area contributed by atoms with E-state index in [1.807, 2.05) is 11.8 Å². The fraction of sp³-hybridized carbons (Fsp3) is 0.500. The third-order valence-electron chi connectivity index (χ3n) is 2.50. The van der Waals surface area contributed by atoms with Crippen molar-refractivity contribution in [2.24, 2.45) is 5.84 Å². The quantitative estimate of drug-likeness (QED) is 0.398. The maximum Gasteiger partial charge on any atom is 0.283 e. The molecule has 0 radical (unpaired) electrons. The summed E-state index contributed by atoms with van der Waals surface area (Å²) in [5.74, 6) is 5.23. The van der Waals surface area contributed by atoms with E-state index in [9.17, 15) is 4.79 Å². The van der Waals surface area contributed by atoms with Gasteiger partial charge in [-0.3, -0.25) is 10.2 Å². The Hall–Kier alpha value is -1.73. The van der Waals surface area contributed by atoms with E-state index in [0.29, 0.717) is 19.2 Å². The Balaban J connectivity index is 2.27. The van der Waals surface area contributed by atoms with E-state index >= 15 is 0 Å². The van der Waals surface area contributed by atoms with Crippen molar-refractivity contribution in [3.63, 3.8) is 0 Å². The molecule has 1 saturated heterocycles. The van der Waals surface area contributed by atoms with Crippen LogP contribution in [0.5, 0.6) is 0 Å². The molecule has 1 amide bonds. The summed E-state index contributed by atoms with van der Waals surface area (Å²) >= 11 is 0. The Morgan fingerprint density at radius 3 is 2.82 bits per heavy atom. The van der Waals surface area contributed by atoms with E-state index < -0.39 is 5.91 Å². The van der Waals surface area contributed by atoms with Crippen LogP contribution in [0.4, 0.5) is 5.95 Å². The van der Waals surface area contributed by atoms with Gasteiger partial charge in [0.2, 0.25) is 5.95 Å². The lowest BCUT2D eigenvalue weighted by atomic mass is 10.3. The number of amides is 1. The standard InChI is InChI=1S/C10H15N5O2/c1-7-6-8(9(16)14-11)13-10(12-7)15-2-4-17-5-3-15/h6H,2-5,11H2,1H3,(H,14,16). The second kappa shape index (κ2) is 5.07. The lowest BCUT2D eigenvalue weighted by molar-refractivity contribution is 0.0948. The largest absolute Gasteiger partial charge is 0.378 e. The summed E-state index contributed by atoms with van der Waals surface area (Å²) in [5, 5.41) is 0. The second-order valence-corrected chi connectivity index (χ2v) is 3.77. The number of hydrazine groups is 1. The summed E-state index contributed by atoms with van der Waals surface area (Å²) in [6.07, 6.45) is 0. The van der Waals surface area contributed by atoms with Crippen LogP contribution < -0.4 is 16.2 Å². The van der Waals surface area contributed by atoms with Gasteiger partial charge < -0.3 is 9.64 Å². The van der Waals surface area contributed by atoms with Gasteiger partial charge in [0.1, 0.15) is 5.69 Å². The molecule has 7 heteroatoms. The minimum atomic E-state index is -0.412. The minimum absolute atomic E-state index is 0.279. The van der Waals surface area contributed by atoms with E-state index in [1.54, 1.807) is 6.07 Å². The molecule has 1 aromatic rings. The summed E-state index contributed by atoms with van der Waals surface area (Å²) in [6, 6.07) is 1.60. The lowest BCUT2D eigenvalue weighted by Gasteiger charge is -2.27. The molecule has 17 heavy (non-hydrogen) atoms. The number of hydrogen-bond acceptors (Lipinski definition) is 6. The molecule has 3 N–H and O–H groups in total. The van der Waals surface area contributed by atoms with Crippen molar-refractivity contribution >= 4 is 11.9 Å². The Morgan fingerprint density at radius 1 is 1.47 bits per heavy atom. The molecule has 92 valence electrons. The van der Waals surface area contributed by atoms with Gasteiger partial charge >= 0.3 is 0 Å². The maximum absolute atomic E-state index is 11.4. The van der Waals surface area contributed by atoms with Crippen LogP contribution in [-0.2, 0) is 4.74 Å². The number of carbonyl (C=O) groups is 1. The minimum Gasteiger partial charge on any atom is -0.378 e. The normalized spacial score (nSPS) is 15.8. The first-order chi connectivity index (χ1) is 8.20. The van der Waals surface area contributed by atoms with Gasteiger partial charge in [-0.15, -0.1) is 0 Å². The zero-order valence-electron chi connectivity index (χ0n) is 9.64. The molecule has 0 aliphatic carbocycles. The highest BCUT2D eigenvalue weighted by Gasteiger charge is 2.16. The molecular weight excluding hydrogens is 222 g/mol. The second-order valence-electron chi connectivity index (χ2n) is 3.77. The number of nitrogens with one attached hydrogen (secondary N) is 1. The SMILES string of the molecule is Cc1cc(C(=O)NN)nc(N2CCOCC2)n1. The smallest absolute Gasteiger partial charge is 0.283 e. The van der Waals surface area contributed by atoms with Crippen LogP contribution in [0.1, 0.15) is 16.2 Å². The number of ether oxygens (including phenoxy) is 1. The molecule has 2 heterocycles. The van der Waals surface area contributed by atoms with Gasteiger partial charge in [0.05, 0.1) is 13.2 Å². The van der Waals surface area contributed by atoms with Crippen LogP contribution in [0, 0.1) is 6.92 Å². The Bertz CT molecular complexity index is 417. The number of aryl methyl sites for hydroxylation is 1. The lowest BCUT2D eigenvalue weighted by Crippen LogP contribution is -2.38. The van der Waals surface area contributed by atoms with Crippen molar-refractivity contribution < 1.29 is 9.53 Å². The molecule has 2 rings (SSSR count). The molecule has 1 aromatic heterocycles. The molecule has 0 spiro atoms. The van der Waals surface area contributed by atoms with Crippen LogP contribution >= 0.6 is 0 Å². The highest BCUT2D eigenvalue weighted by atomic mass is 16.5. The predicted octanol–water partition coefficient (Wildman–Crippen LogP) is -0.775. The van der Waals surface area contributed by atoms with Gasteiger partial charge in [-0.2, -0.15) is 0 Å². The molecule has 0 bridgehead atoms. The molecule has 1 fully saturated rings. The van der Waals surface area contributed by atoms with E-state index in [1.165, 1.54) is 0 Å². The summed E-state index contributed by atoms with van der Waals surface area (Å²) in [4.78, 5) is 21.9. The summed E-state index contributed by atoms with van der Waals surface area (Å²) in [7, 11) is 0. The average Bonchev–Trinajstić information content (AvgIpc) is 2.38. The number of aromatic nitrogens is 2. The van der Waals surface area contributed by atoms with E-state index in [4.69, 9.17) is 10.6 Å². The van der Waals surface area contributed by atoms with Crippen LogP contribution in [0.3, 0.4) is 0 Å². The van der Waals surface area contributed by atoms with Crippen molar-refractivity contribution in [1.82, 2.24) is 15.4 Å². The van der Waals surface area contributed by atoms with E-state index in [0.717, 1.165) is 18.8 Å². The van der Waals surface area contributed by atoms with Gasteiger partial charge in [-0.1, -0.05) is 0 Å². The predicted molar refractivity (Wildman–Crippen MR) is 61.5 cm³/mol. The van der Waals surface area contributed by atoms with Crippen molar-refractivity contribution in [2.75, 3.05) is 31.2 Å². The van der Waals surface area contributed by atoms with Crippen molar-refractivity contribution in [3.05, 3.63) is 17.5 Å². The Morgan fingerprint density at radius 2 is 2.18 bits per heavy atom. The van der Waals surface area contributed by atoms with Gasteiger partial charge in [-0.05, 0) is 13.0 Å². The third kappa shape index (κ3) is 2.69. The maximum atomic E-state index is 11.4. The van der Waals surface area contributed by atoms with Crippen LogP contribution in [-0.4, -0.2) is 42.2 Å². The van der Waals surface area contributed by atoms with Crippen LogP contribution in [0.25, 0.3) is 0 Å². The fourth-order valence-corrected chi connectivity index (χ4v) is 1.65. The van der Waals surface area contributed by atoms with Crippen molar-refractivity contribution in [1.29, 1.82) is 0 Å². The van der Waals surface area contributed by atoms with Gasteiger partial charge in [0, 0.05) is 18.8 Å². The number of nitrogens with two attached hydrogens (primary N) is 1. The highest BCUT2D eigenvalue weighted by Crippen LogP contribution is 2.11. The number of carbonyl (C=O) groups excluding carboxylic acids is 1. The van der Waals surface area contributed by atoms with Gasteiger partial charge in [0.25, 0.3) is 5.91 Å². The van der Waals surface area contributed by atoms with Gasteiger partial charge in [-0.25, -0.2) is 15.8 Å². The van der Waals surface area contributed by atoms with Gasteiger partial charge in [0.15, 0.2) is 0 Å². The number of nitrogens with zero attached hydrogens (tertiary/aromatic N) is 3. The van der Waals surface area contributed by atoms with E-state index in [2.05, 4.69) is 15.4 Å². The number of rotatable bonds is 2. The molecule has 0 atom stereocenters. The molecule has 0 aromatic carbocycles. The number of morpholine rings is 1. The van der Waals surface area contributed by atoms with Crippen molar-refractivity contribution in [3.8, 4) is 0 Å². The zero-order valence-corrected chi connectivity index (χ0v) is 9.64. The highest BCUT2D eigenvalue weighted by molar-refractivity contribution is 5.92. The third-order valence-corrected chi connectivity index (χ3v) is 2.50. The number of hydrogen-bond donors (Lipinski definition) is 2. The van der Waals surface area contributed by atoms with Crippen LogP contribution in [0.2, 0.25) is 0 Å². The Labute approximate surface area is 98.9 Å². The first-order valence-corrected chi connectivity index (χ1v) is 5.40. The first kappa shape index (κ1) is 11.7. The number of nitrogen functional groups attached to an aromatic ring is 1. The molecule has 0 saturated carbocycles. The molecule has 1 aliphatic heterocycles. The Kier molecular flexibility index (Phi) is 3.50. The summed E-state index contributed by atoms with van der Waals surface area (Å²) in [6.45, 7) is 4.57. The molecule has 1 aliphatic rings. The monoisotopic (exact) mass is 237 g/mol. The zero-order chi connectivity index (χ0) is 12.3. The fourth-order valence-electron chi connectivity index (χ4n) is 1.65. The first-order valence-electron chi connectivity index (χ1n) is 5.40. The topological polar surface area (TPSA) is 93.4 Å². The van der Waals surface area contributed by atoms with E-state index in [-0.39, 0.29) is 5.69 Å². The summed E-state index contributed by atoms with van der Waals surface area (Å²) < 4.78 is 5.25. The summed E-state index contributed by atoms with van der Waals surface area (Å²) in [5.41, 5.74) is 3.08.